The molecule has 0 saturated heterocycles. The molecular weight excluding hydrogens is 340 g/mol. The van der Waals surface area contributed by atoms with Crippen molar-refractivity contribution in [2.45, 2.75) is 33.3 Å². The molecule has 1 rings (SSSR count). The molecule has 0 atom stereocenters. The number of amides is 3. The number of hydrogen-bond acceptors (Lipinski definition) is 6. The Balaban J connectivity index is 2.43. The Morgan fingerprint density at radius 1 is 1.15 bits per heavy atom. The Bertz CT molecular complexity index is 650. The van der Waals surface area contributed by atoms with Gasteiger partial charge in [-0.25, -0.2) is 15.0 Å². The number of nitrogens with zero attached hydrogens (tertiary/aromatic N) is 1. The van der Waals surface area contributed by atoms with E-state index in [0.29, 0.717) is 11.3 Å². The highest BCUT2D eigenvalue weighted by molar-refractivity contribution is 5.92. The number of carbonyl (C=O) groups excluding carboxylic acids is 3. The zero-order valence-corrected chi connectivity index (χ0v) is 15.3. The van der Waals surface area contributed by atoms with E-state index >= 15 is 0 Å². The lowest BCUT2D eigenvalue weighted by Crippen LogP contribution is -2.34. The average molecular weight is 364 g/mol. The van der Waals surface area contributed by atoms with Crippen LogP contribution < -0.4 is 16.1 Å². The lowest BCUT2D eigenvalue weighted by Gasteiger charge is -2.18. The summed E-state index contributed by atoms with van der Waals surface area (Å²) in [5.74, 6) is -0.508. The molecule has 0 aliphatic carbocycles. The third-order valence-electron chi connectivity index (χ3n) is 2.64. The fourth-order valence-electron chi connectivity index (χ4n) is 1.65. The standard InChI is InChI=1S/C17H24N4O5/c1-5-25-14(22)11-18-15(23)20-13-8-6-12(7-9-13)10-19-21-16(24)26-17(2,3)4/h6-10H,5,11H2,1-4H3,(H,21,24)(H2,18,20,23). The molecule has 0 radical (unpaired) electrons. The SMILES string of the molecule is CCOC(=O)CNC(=O)Nc1ccc(C=NNC(=O)OC(C)(C)C)cc1. The first-order valence-corrected chi connectivity index (χ1v) is 8.02. The van der Waals surface area contributed by atoms with Gasteiger partial charge in [-0.05, 0) is 45.4 Å². The Morgan fingerprint density at radius 2 is 1.81 bits per heavy atom. The van der Waals surface area contributed by atoms with E-state index in [-0.39, 0.29) is 13.2 Å². The smallest absolute Gasteiger partial charge is 0.428 e. The monoisotopic (exact) mass is 364 g/mol. The highest BCUT2D eigenvalue weighted by Crippen LogP contribution is 2.08. The van der Waals surface area contributed by atoms with Crippen LogP contribution in [0.15, 0.2) is 29.4 Å². The summed E-state index contributed by atoms with van der Waals surface area (Å²) in [6.07, 6.45) is 0.791. The van der Waals surface area contributed by atoms with E-state index in [1.54, 1.807) is 52.0 Å². The largest absolute Gasteiger partial charge is 0.465 e. The molecule has 0 aromatic heterocycles. The lowest BCUT2D eigenvalue weighted by molar-refractivity contribution is -0.141. The minimum atomic E-state index is -0.648. The number of rotatable bonds is 6. The minimum absolute atomic E-state index is 0.208. The first kappa shape index (κ1) is 20.9. The maximum absolute atomic E-state index is 11.6. The zero-order valence-electron chi connectivity index (χ0n) is 15.3. The van der Waals surface area contributed by atoms with E-state index in [4.69, 9.17) is 9.47 Å². The molecule has 142 valence electrons. The second-order valence-corrected chi connectivity index (χ2v) is 6.11. The quantitative estimate of drug-likeness (QED) is 0.406. The molecule has 9 nitrogen and oxygen atoms in total. The summed E-state index contributed by atoms with van der Waals surface area (Å²) in [5.41, 5.74) is 2.90. The van der Waals surface area contributed by atoms with Crippen LogP contribution in [0.25, 0.3) is 0 Å². The molecule has 1 aromatic rings. The highest BCUT2D eigenvalue weighted by atomic mass is 16.6. The molecule has 9 heteroatoms. The highest BCUT2D eigenvalue weighted by Gasteiger charge is 2.15. The van der Waals surface area contributed by atoms with Crippen LogP contribution in [0.5, 0.6) is 0 Å². The number of hydrazone groups is 1. The molecule has 3 amide bonds. The van der Waals surface area contributed by atoms with Gasteiger partial charge in [0.25, 0.3) is 0 Å². The Morgan fingerprint density at radius 3 is 2.38 bits per heavy atom. The summed E-state index contributed by atoms with van der Waals surface area (Å²) in [7, 11) is 0. The second kappa shape index (κ2) is 10.0. The molecule has 0 heterocycles. The van der Waals surface area contributed by atoms with Gasteiger partial charge in [0.1, 0.15) is 12.1 Å². The van der Waals surface area contributed by atoms with E-state index in [1.807, 2.05) is 0 Å². The van der Waals surface area contributed by atoms with Gasteiger partial charge in [0.15, 0.2) is 0 Å². The van der Waals surface area contributed by atoms with Gasteiger partial charge < -0.3 is 20.1 Å². The Labute approximate surface area is 152 Å². The third kappa shape index (κ3) is 9.26. The van der Waals surface area contributed by atoms with Crippen LogP contribution in [0.1, 0.15) is 33.3 Å². The van der Waals surface area contributed by atoms with Gasteiger partial charge in [0, 0.05) is 5.69 Å². The Hall–Kier alpha value is -3.10. The number of carbonyl (C=O) groups is 3. The summed E-state index contributed by atoms with van der Waals surface area (Å²) in [6.45, 7) is 7.00. The molecule has 1 aromatic carbocycles. The van der Waals surface area contributed by atoms with Crippen LogP contribution in [0.3, 0.4) is 0 Å². The number of hydrogen-bond donors (Lipinski definition) is 3. The predicted octanol–water partition coefficient (Wildman–Crippen LogP) is 2.23. The number of esters is 1. The van der Waals surface area contributed by atoms with Gasteiger partial charge in [-0.3, -0.25) is 4.79 Å². The number of ether oxygens (including phenoxy) is 2. The molecule has 0 unspecified atom stereocenters. The van der Waals surface area contributed by atoms with Crippen molar-refractivity contribution in [3.8, 4) is 0 Å². The summed E-state index contributed by atoms with van der Waals surface area (Å²) in [5, 5.41) is 8.74. The predicted molar refractivity (Wildman–Crippen MR) is 97.1 cm³/mol. The lowest BCUT2D eigenvalue weighted by atomic mass is 10.2. The van der Waals surface area contributed by atoms with E-state index < -0.39 is 23.7 Å². The van der Waals surface area contributed by atoms with Crippen LogP contribution >= 0.6 is 0 Å². The number of benzene rings is 1. The van der Waals surface area contributed by atoms with Crippen molar-refractivity contribution < 1.29 is 23.9 Å². The van der Waals surface area contributed by atoms with E-state index in [9.17, 15) is 14.4 Å². The van der Waals surface area contributed by atoms with Crippen molar-refractivity contribution >= 4 is 30.0 Å². The molecule has 0 aliphatic rings. The van der Waals surface area contributed by atoms with E-state index in [2.05, 4.69) is 21.2 Å². The molecule has 0 aliphatic heterocycles. The summed E-state index contributed by atoms with van der Waals surface area (Å²) >= 11 is 0. The minimum Gasteiger partial charge on any atom is -0.465 e. The molecule has 0 bridgehead atoms. The van der Waals surface area contributed by atoms with Crippen LogP contribution in [0.2, 0.25) is 0 Å². The number of nitrogens with one attached hydrogen (secondary N) is 3. The second-order valence-electron chi connectivity index (χ2n) is 6.11. The van der Waals surface area contributed by atoms with Gasteiger partial charge >= 0.3 is 18.1 Å². The first-order chi connectivity index (χ1) is 12.2. The summed E-state index contributed by atoms with van der Waals surface area (Å²) < 4.78 is 9.75. The third-order valence-corrected chi connectivity index (χ3v) is 2.64. The van der Waals surface area contributed by atoms with Crippen molar-refractivity contribution in [1.29, 1.82) is 0 Å². The molecule has 0 spiro atoms. The zero-order chi connectivity index (χ0) is 19.6. The molecule has 0 saturated carbocycles. The first-order valence-electron chi connectivity index (χ1n) is 8.02. The van der Waals surface area contributed by atoms with Crippen molar-refractivity contribution in [3.63, 3.8) is 0 Å². The van der Waals surface area contributed by atoms with Crippen LogP contribution in [-0.2, 0) is 14.3 Å². The molecule has 3 N–H and O–H groups in total. The maximum Gasteiger partial charge on any atom is 0.428 e. The van der Waals surface area contributed by atoms with E-state index in [0.717, 1.165) is 0 Å². The topological polar surface area (TPSA) is 118 Å². The molecule has 0 fully saturated rings. The van der Waals surface area contributed by atoms with Gasteiger partial charge in [-0.1, -0.05) is 12.1 Å². The van der Waals surface area contributed by atoms with Gasteiger partial charge in [-0.2, -0.15) is 5.10 Å². The average Bonchev–Trinajstić information content (AvgIpc) is 2.53. The van der Waals surface area contributed by atoms with Crippen LogP contribution in [0.4, 0.5) is 15.3 Å². The Kier molecular flexibility index (Phi) is 8.07. The molecular formula is C17H24N4O5. The van der Waals surface area contributed by atoms with E-state index in [1.165, 1.54) is 6.21 Å². The van der Waals surface area contributed by atoms with Gasteiger partial charge in [0.05, 0.1) is 12.8 Å². The molecule has 26 heavy (non-hydrogen) atoms. The van der Waals surface area contributed by atoms with Crippen LogP contribution in [0, 0.1) is 0 Å². The van der Waals surface area contributed by atoms with Gasteiger partial charge in [-0.15, -0.1) is 0 Å². The van der Waals surface area contributed by atoms with Crippen molar-refractivity contribution in [3.05, 3.63) is 29.8 Å². The normalized spacial score (nSPS) is 10.9. The van der Waals surface area contributed by atoms with Crippen molar-refractivity contribution in [2.75, 3.05) is 18.5 Å². The summed E-state index contributed by atoms with van der Waals surface area (Å²) in [4.78, 5) is 34.2. The fourth-order valence-corrected chi connectivity index (χ4v) is 1.65. The van der Waals surface area contributed by atoms with Crippen molar-refractivity contribution in [1.82, 2.24) is 10.7 Å². The van der Waals surface area contributed by atoms with Crippen molar-refractivity contribution in [2.24, 2.45) is 5.10 Å². The maximum atomic E-state index is 11.6. The number of urea groups is 1. The van der Waals surface area contributed by atoms with Gasteiger partial charge in [0.2, 0.25) is 0 Å². The van der Waals surface area contributed by atoms with Crippen LogP contribution in [-0.4, -0.2) is 43.1 Å². The number of anilines is 1. The fraction of sp³-hybridized carbons (Fsp3) is 0.412. The summed E-state index contributed by atoms with van der Waals surface area (Å²) in [6, 6.07) is 6.17.